The first-order valence-electron chi connectivity index (χ1n) is 9.84. The van der Waals surface area contributed by atoms with E-state index in [-0.39, 0.29) is 17.1 Å². The second kappa shape index (κ2) is 9.54. The van der Waals surface area contributed by atoms with Crippen molar-refractivity contribution in [1.29, 1.82) is 0 Å². The SMILES string of the molecule is Cn1nc(OCC(=O)Nc2ccccc2OC(=O)C(F)(F)F)c2scc(-c3ccncc3)c2c1=O. The Morgan fingerprint density at radius 1 is 1.14 bits per heavy atom. The number of aromatic nitrogens is 3. The molecule has 0 aliphatic carbocycles. The van der Waals surface area contributed by atoms with E-state index in [1.54, 1.807) is 29.9 Å². The zero-order chi connectivity index (χ0) is 25.2. The summed E-state index contributed by atoms with van der Waals surface area (Å²) in [6, 6.07) is 8.64. The predicted molar refractivity (Wildman–Crippen MR) is 120 cm³/mol. The first kappa shape index (κ1) is 23.9. The lowest BCUT2D eigenvalue weighted by Gasteiger charge is -2.13. The Labute approximate surface area is 198 Å². The molecule has 9 nitrogen and oxygen atoms in total. The van der Waals surface area contributed by atoms with Crippen molar-refractivity contribution in [2.45, 2.75) is 6.18 Å². The zero-order valence-electron chi connectivity index (χ0n) is 17.8. The third-order valence-corrected chi connectivity index (χ3v) is 5.63. The van der Waals surface area contributed by atoms with E-state index in [9.17, 15) is 27.6 Å². The molecule has 0 fully saturated rings. The normalized spacial score (nSPS) is 11.3. The van der Waals surface area contributed by atoms with Crippen LogP contribution in [0.1, 0.15) is 0 Å². The molecule has 1 N–H and O–H groups in total. The van der Waals surface area contributed by atoms with Crippen LogP contribution in [0.4, 0.5) is 18.9 Å². The average Bonchev–Trinajstić information content (AvgIpc) is 3.27. The number of halogens is 3. The lowest BCUT2D eigenvalue weighted by atomic mass is 10.1. The Hall–Kier alpha value is -4.26. The number of ether oxygens (including phenoxy) is 2. The molecule has 0 saturated carbocycles. The maximum Gasteiger partial charge on any atom is 0.491 e. The van der Waals surface area contributed by atoms with Crippen LogP contribution in [0.5, 0.6) is 11.6 Å². The number of benzene rings is 1. The lowest BCUT2D eigenvalue weighted by Crippen LogP contribution is -2.28. The molecule has 180 valence electrons. The highest BCUT2D eigenvalue weighted by molar-refractivity contribution is 7.18. The van der Waals surface area contributed by atoms with E-state index in [1.807, 2.05) is 0 Å². The van der Waals surface area contributed by atoms with E-state index < -0.39 is 30.4 Å². The van der Waals surface area contributed by atoms with Crippen LogP contribution in [0.25, 0.3) is 21.2 Å². The smallest absolute Gasteiger partial charge is 0.466 e. The molecule has 35 heavy (non-hydrogen) atoms. The van der Waals surface area contributed by atoms with E-state index >= 15 is 0 Å². The second-order valence-corrected chi connectivity index (χ2v) is 7.92. The van der Waals surface area contributed by atoms with Gasteiger partial charge in [-0.05, 0) is 29.8 Å². The van der Waals surface area contributed by atoms with Crippen LogP contribution < -0.4 is 20.3 Å². The first-order valence-corrected chi connectivity index (χ1v) is 10.7. The number of para-hydroxylation sites is 2. The van der Waals surface area contributed by atoms with Gasteiger partial charge in [-0.2, -0.15) is 13.2 Å². The van der Waals surface area contributed by atoms with Gasteiger partial charge in [-0.1, -0.05) is 12.1 Å². The van der Waals surface area contributed by atoms with Gasteiger partial charge in [-0.25, -0.2) is 9.48 Å². The number of alkyl halides is 3. The van der Waals surface area contributed by atoms with Crippen molar-refractivity contribution in [1.82, 2.24) is 14.8 Å². The van der Waals surface area contributed by atoms with Crippen LogP contribution in [0.15, 0.2) is 59.0 Å². The number of esters is 1. The van der Waals surface area contributed by atoms with Crippen LogP contribution in [-0.2, 0) is 16.6 Å². The Bertz CT molecular complexity index is 1470. The third kappa shape index (κ3) is 5.14. The fourth-order valence-electron chi connectivity index (χ4n) is 3.09. The van der Waals surface area contributed by atoms with Crippen molar-refractivity contribution in [3.63, 3.8) is 0 Å². The maximum atomic E-state index is 12.7. The molecule has 0 bridgehead atoms. The molecule has 0 unspecified atom stereocenters. The number of rotatable bonds is 6. The minimum Gasteiger partial charge on any atom is -0.466 e. The molecule has 0 saturated heterocycles. The number of fused-ring (bicyclic) bond motifs is 1. The first-order chi connectivity index (χ1) is 16.6. The zero-order valence-corrected chi connectivity index (χ0v) is 18.6. The lowest BCUT2D eigenvalue weighted by molar-refractivity contribution is -0.189. The summed E-state index contributed by atoms with van der Waals surface area (Å²) in [5.74, 6) is -3.63. The Balaban J connectivity index is 1.54. The van der Waals surface area contributed by atoms with Crippen molar-refractivity contribution in [2.75, 3.05) is 11.9 Å². The predicted octanol–water partition coefficient (Wildman–Crippen LogP) is 3.54. The van der Waals surface area contributed by atoms with Crippen LogP contribution in [-0.4, -0.2) is 39.4 Å². The molecular weight excluding hydrogens is 489 g/mol. The summed E-state index contributed by atoms with van der Waals surface area (Å²) in [5, 5.41) is 8.54. The quantitative estimate of drug-likeness (QED) is 0.316. The van der Waals surface area contributed by atoms with Gasteiger partial charge in [-0.3, -0.25) is 14.6 Å². The van der Waals surface area contributed by atoms with Gasteiger partial charge in [0.1, 0.15) is 4.70 Å². The number of aryl methyl sites for hydroxylation is 1. The minimum absolute atomic E-state index is 0.0272. The minimum atomic E-state index is -5.20. The number of carbonyl (C=O) groups is 2. The molecule has 0 atom stereocenters. The summed E-state index contributed by atoms with van der Waals surface area (Å²) >= 11 is 1.21. The van der Waals surface area contributed by atoms with Gasteiger partial charge in [-0.15, -0.1) is 16.4 Å². The molecule has 1 aromatic carbocycles. The highest BCUT2D eigenvalue weighted by atomic mass is 32.1. The van der Waals surface area contributed by atoms with Gasteiger partial charge in [0.2, 0.25) is 5.88 Å². The largest absolute Gasteiger partial charge is 0.491 e. The molecule has 4 rings (SSSR count). The van der Waals surface area contributed by atoms with Crippen LogP contribution in [0, 0.1) is 0 Å². The van der Waals surface area contributed by atoms with Crippen molar-refractivity contribution in [3.8, 4) is 22.8 Å². The highest BCUT2D eigenvalue weighted by Crippen LogP contribution is 2.35. The van der Waals surface area contributed by atoms with Gasteiger partial charge in [0.15, 0.2) is 12.4 Å². The number of amides is 1. The molecule has 0 aliphatic rings. The van der Waals surface area contributed by atoms with Crippen LogP contribution in [0.3, 0.4) is 0 Å². The number of thiophene rings is 1. The van der Waals surface area contributed by atoms with Crippen molar-refractivity contribution < 1.29 is 32.2 Å². The van der Waals surface area contributed by atoms with E-state index in [0.29, 0.717) is 15.6 Å². The second-order valence-electron chi connectivity index (χ2n) is 7.04. The van der Waals surface area contributed by atoms with Crippen molar-refractivity contribution in [3.05, 3.63) is 64.5 Å². The number of hydrogen-bond acceptors (Lipinski definition) is 8. The molecule has 13 heteroatoms. The molecule has 0 aliphatic heterocycles. The standard InChI is InChI=1S/C22H15F3N4O5S/c1-29-20(31)17-13(12-6-8-26-9-7-12)11-35-18(17)19(28-29)33-10-16(30)27-14-4-2-3-5-15(14)34-21(32)22(23,24)25/h2-9,11H,10H2,1H3,(H,27,30). The molecule has 1 amide bonds. The van der Waals surface area contributed by atoms with E-state index in [0.717, 1.165) is 16.3 Å². The van der Waals surface area contributed by atoms with Gasteiger partial charge >= 0.3 is 12.1 Å². The molecule has 0 radical (unpaired) electrons. The number of pyridine rings is 1. The highest BCUT2D eigenvalue weighted by Gasteiger charge is 2.41. The Kier molecular flexibility index (Phi) is 6.51. The molecule has 3 heterocycles. The Morgan fingerprint density at radius 3 is 2.57 bits per heavy atom. The van der Waals surface area contributed by atoms with Crippen LogP contribution >= 0.6 is 11.3 Å². The number of nitrogens with zero attached hydrogens (tertiary/aromatic N) is 3. The number of nitrogens with one attached hydrogen (secondary N) is 1. The van der Waals surface area contributed by atoms with Gasteiger partial charge in [0.05, 0.1) is 11.1 Å². The summed E-state index contributed by atoms with van der Waals surface area (Å²) in [5.41, 5.74) is 0.909. The van der Waals surface area contributed by atoms with Crippen LogP contribution in [0.2, 0.25) is 0 Å². The monoisotopic (exact) mass is 504 g/mol. The Morgan fingerprint density at radius 2 is 1.86 bits per heavy atom. The summed E-state index contributed by atoms with van der Waals surface area (Å²) in [4.78, 5) is 40.3. The average molecular weight is 504 g/mol. The van der Waals surface area contributed by atoms with E-state index in [2.05, 4.69) is 20.1 Å². The number of anilines is 1. The van der Waals surface area contributed by atoms with Gasteiger partial charge < -0.3 is 14.8 Å². The number of carbonyl (C=O) groups excluding carboxylic acids is 2. The third-order valence-electron chi connectivity index (χ3n) is 4.66. The summed E-state index contributed by atoms with van der Waals surface area (Å²) in [6.45, 7) is -0.579. The fourth-order valence-corrected chi connectivity index (χ4v) is 4.10. The maximum absolute atomic E-state index is 12.7. The van der Waals surface area contributed by atoms with Gasteiger partial charge in [0, 0.05) is 30.4 Å². The molecule has 3 aromatic heterocycles. The van der Waals surface area contributed by atoms with Crippen molar-refractivity contribution >= 4 is 39.0 Å². The number of hydrogen-bond donors (Lipinski definition) is 1. The van der Waals surface area contributed by atoms with E-state index in [1.165, 1.54) is 36.6 Å². The van der Waals surface area contributed by atoms with Crippen molar-refractivity contribution in [2.24, 2.45) is 7.05 Å². The summed E-state index contributed by atoms with van der Waals surface area (Å²) in [6.07, 6.45) is -2.01. The topological polar surface area (TPSA) is 112 Å². The van der Waals surface area contributed by atoms with E-state index in [4.69, 9.17) is 4.74 Å². The molecule has 0 spiro atoms. The molecule has 4 aromatic rings. The fraction of sp³-hybridized carbons (Fsp3) is 0.136. The van der Waals surface area contributed by atoms with Gasteiger partial charge in [0.25, 0.3) is 11.5 Å². The summed E-state index contributed by atoms with van der Waals surface area (Å²) in [7, 11) is 1.44. The summed E-state index contributed by atoms with van der Waals surface area (Å²) < 4.78 is 48.9. The molecular formula is C22H15F3N4O5S.